The first-order chi connectivity index (χ1) is 6.45. The minimum absolute atomic E-state index is 0.107. The molecular formula is C9H6BrFO3. The van der Waals surface area contributed by atoms with Crippen LogP contribution in [0.5, 0.6) is 0 Å². The molecular weight excluding hydrogens is 255 g/mol. The van der Waals surface area contributed by atoms with Gasteiger partial charge in [-0.3, -0.25) is 4.79 Å². The highest BCUT2D eigenvalue weighted by Gasteiger charge is 2.20. The van der Waals surface area contributed by atoms with Gasteiger partial charge in [0.25, 0.3) is 5.78 Å². The van der Waals surface area contributed by atoms with Gasteiger partial charge < -0.3 is 5.11 Å². The van der Waals surface area contributed by atoms with E-state index >= 15 is 0 Å². The Hall–Kier alpha value is -1.23. The van der Waals surface area contributed by atoms with E-state index in [1.54, 1.807) is 0 Å². The van der Waals surface area contributed by atoms with Crippen LogP contribution in [0.3, 0.4) is 0 Å². The lowest BCUT2D eigenvalue weighted by Crippen LogP contribution is -2.14. The van der Waals surface area contributed by atoms with Crippen LogP contribution < -0.4 is 0 Å². The third-order valence-corrected chi connectivity index (χ3v) is 2.49. The molecule has 0 aliphatic rings. The Labute approximate surface area is 87.7 Å². The lowest BCUT2D eigenvalue weighted by Gasteiger charge is -2.03. The van der Waals surface area contributed by atoms with Crippen molar-refractivity contribution >= 4 is 27.7 Å². The molecule has 0 spiro atoms. The monoisotopic (exact) mass is 260 g/mol. The topological polar surface area (TPSA) is 54.4 Å². The van der Waals surface area contributed by atoms with E-state index in [0.717, 1.165) is 0 Å². The van der Waals surface area contributed by atoms with Crippen LogP contribution >= 0.6 is 15.9 Å². The second-order valence-electron chi connectivity index (χ2n) is 2.69. The average molecular weight is 261 g/mol. The number of hydrogen-bond acceptors (Lipinski definition) is 2. The van der Waals surface area contributed by atoms with Gasteiger partial charge >= 0.3 is 5.97 Å². The fourth-order valence-corrected chi connectivity index (χ4v) is 1.56. The smallest absolute Gasteiger partial charge is 0.377 e. The predicted molar refractivity (Wildman–Crippen MR) is 50.8 cm³/mol. The van der Waals surface area contributed by atoms with Crippen LogP contribution in [-0.2, 0) is 4.79 Å². The van der Waals surface area contributed by atoms with Crippen molar-refractivity contribution in [3.63, 3.8) is 0 Å². The molecule has 1 aromatic rings. The summed E-state index contributed by atoms with van der Waals surface area (Å²) >= 11 is 2.84. The molecule has 1 N–H and O–H groups in total. The average Bonchev–Trinajstić information content (AvgIpc) is 2.13. The second-order valence-corrected chi connectivity index (χ2v) is 3.49. The summed E-state index contributed by atoms with van der Waals surface area (Å²) < 4.78 is 13.1. The summed E-state index contributed by atoms with van der Waals surface area (Å²) in [7, 11) is 0. The van der Waals surface area contributed by atoms with Crippen LogP contribution in [0, 0.1) is 12.7 Å². The van der Waals surface area contributed by atoms with E-state index < -0.39 is 17.6 Å². The largest absolute Gasteiger partial charge is 0.475 e. The minimum atomic E-state index is -1.60. The molecule has 0 aliphatic carbocycles. The molecule has 0 saturated carbocycles. The number of benzene rings is 1. The number of carboxylic acid groups (broad SMARTS) is 1. The van der Waals surface area contributed by atoms with E-state index in [2.05, 4.69) is 15.9 Å². The molecule has 0 aromatic heterocycles. The molecule has 0 fully saturated rings. The Morgan fingerprint density at radius 3 is 2.50 bits per heavy atom. The molecule has 5 heteroatoms. The molecule has 0 atom stereocenters. The number of rotatable bonds is 2. The van der Waals surface area contributed by atoms with Gasteiger partial charge in [-0.2, -0.15) is 0 Å². The van der Waals surface area contributed by atoms with Crippen LogP contribution in [0.1, 0.15) is 15.9 Å². The normalized spacial score (nSPS) is 9.93. The van der Waals surface area contributed by atoms with E-state index in [1.807, 2.05) is 0 Å². The van der Waals surface area contributed by atoms with Gasteiger partial charge in [-0.1, -0.05) is 6.07 Å². The molecule has 3 nitrogen and oxygen atoms in total. The first-order valence-electron chi connectivity index (χ1n) is 3.67. The zero-order valence-electron chi connectivity index (χ0n) is 7.17. The fraction of sp³-hybridized carbons (Fsp3) is 0.111. The first-order valence-corrected chi connectivity index (χ1v) is 4.46. The van der Waals surface area contributed by atoms with E-state index in [0.29, 0.717) is 5.56 Å². The van der Waals surface area contributed by atoms with Gasteiger partial charge in [-0.25, -0.2) is 9.18 Å². The lowest BCUT2D eigenvalue weighted by molar-refractivity contribution is -0.131. The van der Waals surface area contributed by atoms with Gasteiger partial charge in [-0.15, -0.1) is 0 Å². The van der Waals surface area contributed by atoms with Crippen LogP contribution in [0.15, 0.2) is 16.6 Å². The van der Waals surface area contributed by atoms with Gasteiger partial charge in [0, 0.05) is 5.56 Å². The maximum Gasteiger partial charge on any atom is 0.377 e. The van der Waals surface area contributed by atoms with Crippen molar-refractivity contribution in [3.05, 3.63) is 33.5 Å². The van der Waals surface area contributed by atoms with Crippen LogP contribution in [0.4, 0.5) is 4.39 Å². The van der Waals surface area contributed by atoms with Gasteiger partial charge in [-0.05, 0) is 34.5 Å². The van der Waals surface area contributed by atoms with E-state index in [9.17, 15) is 14.0 Å². The summed E-state index contributed by atoms with van der Waals surface area (Å²) in [6.07, 6.45) is 0. The van der Waals surface area contributed by atoms with Crippen molar-refractivity contribution in [2.24, 2.45) is 0 Å². The first kappa shape index (κ1) is 10.8. The number of ketones is 1. The van der Waals surface area contributed by atoms with Crippen LogP contribution in [0.25, 0.3) is 0 Å². The number of Topliss-reactive ketones (excluding diaryl/α,β-unsaturated/α-hetero) is 1. The number of carbonyl (C=O) groups excluding carboxylic acids is 1. The number of aliphatic carboxylic acids is 1. The highest BCUT2D eigenvalue weighted by molar-refractivity contribution is 9.10. The standard InChI is InChI=1S/C9H6BrFO3/c1-4-2-3-5(6(10)7(4)11)8(12)9(13)14/h2-3H,1H3,(H,13,14). The summed E-state index contributed by atoms with van der Waals surface area (Å²) in [5.41, 5.74) is 0.166. The lowest BCUT2D eigenvalue weighted by atomic mass is 10.1. The number of aryl methyl sites for hydroxylation is 1. The molecule has 0 saturated heterocycles. The molecule has 14 heavy (non-hydrogen) atoms. The Kier molecular flexibility index (Phi) is 3.00. The number of halogens is 2. The van der Waals surface area contributed by atoms with Crippen molar-refractivity contribution in [2.75, 3.05) is 0 Å². The molecule has 1 aromatic carbocycles. The minimum Gasteiger partial charge on any atom is -0.475 e. The zero-order valence-corrected chi connectivity index (χ0v) is 8.76. The van der Waals surface area contributed by atoms with Crippen molar-refractivity contribution in [3.8, 4) is 0 Å². The van der Waals surface area contributed by atoms with Gasteiger partial charge in [0.15, 0.2) is 0 Å². The molecule has 0 aliphatic heterocycles. The molecule has 0 amide bonds. The third kappa shape index (κ3) is 1.82. The molecule has 0 heterocycles. The molecule has 74 valence electrons. The fourth-order valence-electron chi connectivity index (χ4n) is 0.937. The predicted octanol–water partition coefficient (Wildman–Crippen LogP) is 2.16. The molecule has 0 bridgehead atoms. The number of hydrogen-bond donors (Lipinski definition) is 1. The van der Waals surface area contributed by atoms with E-state index in [4.69, 9.17) is 5.11 Å². The third-order valence-electron chi connectivity index (χ3n) is 1.71. The van der Waals surface area contributed by atoms with Crippen molar-refractivity contribution in [1.82, 2.24) is 0 Å². The zero-order chi connectivity index (χ0) is 10.9. The second kappa shape index (κ2) is 3.88. The molecule has 1 rings (SSSR count). The highest BCUT2D eigenvalue weighted by atomic mass is 79.9. The highest BCUT2D eigenvalue weighted by Crippen LogP contribution is 2.23. The van der Waals surface area contributed by atoms with Crippen molar-refractivity contribution < 1.29 is 19.1 Å². The van der Waals surface area contributed by atoms with E-state index in [-0.39, 0.29) is 10.0 Å². The van der Waals surface area contributed by atoms with Crippen LogP contribution in [0.2, 0.25) is 0 Å². The van der Waals surface area contributed by atoms with Gasteiger partial charge in [0.1, 0.15) is 5.82 Å². The summed E-state index contributed by atoms with van der Waals surface area (Å²) in [5, 5.41) is 8.43. The van der Waals surface area contributed by atoms with E-state index in [1.165, 1.54) is 19.1 Å². The van der Waals surface area contributed by atoms with Crippen molar-refractivity contribution in [1.29, 1.82) is 0 Å². The maximum atomic E-state index is 13.2. The Balaban J connectivity index is 3.31. The van der Waals surface area contributed by atoms with Crippen LogP contribution in [-0.4, -0.2) is 16.9 Å². The van der Waals surface area contributed by atoms with Gasteiger partial charge in [0.2, 0.25) is 0 Å². The number of carbonyl (C=O) groups is 2. The Morgan fingerprint density at radius 2 is 2.00 bits per heavy atom. The van der Waals surface area contributed by atoms with Crippen molar-refractivity contribution in [2.45, 2.75) is 6.92 Å². The summed E-state index contributed by atoms with van der Waals surface area (Å²) in [6.45, 7) is 1.52. The summed E-state index contributed by atoms with van der Waals surface area (Å²) in [6, 6.07) is 2.63. The summed E-state index contributed by atoms with van der Waals surface area (Å²) in [5.74, 6) is -3.35. The number of carboxylic acids is 1. The maximum absolute atomic E-state index is 13.2. The van der Waals surface area contributed by atoms with Gasteiger partial charge in [0.05, 0.1) is 4.47 Å². The quantitative estimate of drug-likeness (QED) is 0.655. The summed E-state index contributed by atoms with van der Waals surface area (Å²) in [4.78, 5) is 21.4. The SMILES string of the molecule is Cc1ccc(C(=O)C(=O)O)c(Br)c1F. The Morgan fingerprint density at radius 1 is 1.43 bits per heavy atom. The molecule has 0 radical (unpaired) electrons. The Bertz CT molecular complexity index is 415. The molecule has 0 unspecified atom stereocenters.